The van der Waals surface area contributed by atoms with Gasteiger partial charge in [0.1, 0.15) is 12.4 Å². The average molecular weight is 352 g/mol. The Bertz CT molecular complexity index is 797. The van der Waals surface area contributed by atoms with Crippen molar-refractivity contribution in [3.05, 3.63) is 76.8 Å². The second kappa shape index (κ2) is 8.44. The summed E-state index contributed by atoms with van der Waals surface area (Å²) in [6.45, 7) is 2.65. The van der Waals surface area contributed by atoms with Gasteiger partial charge in [0.15, 0.2) is 5.13 Å². The zero-order valence-electron chi connectivity index (χ0n) is 14.1. The first-order chi connectivity index (χ1) is 12.2. The highest BCUT2D eigenvalue weighted by Gasteiger charge is 2.07. The third-order valence-corrected chi connectivity index (χ3v) is 4.42. The number of aromatic nitrogens is 1. The lowest BCUT2D eigenvalue weighted by Gasteiger charge is -2.08. The molecule has 128 valence electrons. The number of hydrogen-bond donors (Lipinski definition) is 1. The number of anilines is 1. The summed E-state index contributed by atoms with van der Waals surface area (Å²) in [5, 5.41) is 5.19. The van der Waals surface area contributed by atoms with E-state index in [-0.39, 0.29) is 5.91 Å². The molecule has 1 N–H and O–H groups in total. The minimum absolute atomic E-state index is 0.158. The van der Waals surface area contributed by atoms with E-state index in [0.717, 1.165) is 24.2 Å². The third-order valence-electron chi connectivity index (χ3n) is 3.74. The second-order valence-corrected chi connectivity index (χ2v) is 6.57. The summed E-state index contributed by atoms with van der Waals surface area (Å²) >= 11 is 1.40. The van der Waals surface area contributed by atoms with Gasteiger partial charge in [-0.15, -0.1) is 11.3 Å². The van der Waals surface area contributed by atoms with Crippen LogP contribution in [0.25, 0.3) is 0 Å². The van der Waals surface area contributed by atoms with Gasteiger partial charge in [0, 0.05) is 17.1 Å². The minimum atomic E-state index is -0.158. The van der Waals surface area contributed by atoms with Crippen LogP contribution >= 0.6 is 11.3 Å². The number of benzene rings is 2. The molecule has 3 aromatic rings. The van der Waals surface area contributed by atoms with Crippen LogP contribution in [0.2, 0.25) is 0 Å². The molecule has 0 atom stereocenters. The Balaban J connectivity index is 1.54. The van der Waals surface area contributed by atoms with Gasteiger partial charge < -0.3 is 4.74 Å². The number of rotatable bonds is 7. The fourth-order valence-corrected chi connectivity index (χ4v) is 2.94. The molecule has 0 unspecified atom stereocenters. The number of hydrogen-bond acceptors (Lipinski definition) is 4. The van der Waals surface area contributed by atoms with Crippen LogP contribution in [-0.2, 0) is 13.0 Å². The van der Waals surface area contributed by atoms with Gasteiger partial charge in [-0.2, -0.15) is 0 Å². The number of nitrogens with one attached hydrogen (secondary N) is 1. The van der Waals surface area contributed by atoms with E-state index in [9.17, 15) is 4.79 Å². The molecular weight excluding hydrogens is 332 g/mol. The Morgan fingerprint density at radius 3 is 2.44 bits per heavy atom. The molecule has 0 radical (unpaired) electrons. The van der Waals surface area contributed by atoms with Crippen molar-refractivity contribution in [1.82, 2.24) is 4.98 Å². The van der Waals surface area contributed by atoms with E-state index in [0.29, 0.717) is 17.3 Å². The summed E-state index contributed by atoms with van der Waals surface area (Å²) in [5.41, 5.74) is 2.94. The van der Waals surface area contributed by atoms with E-state index in [1.54, 1.807) is 18.3 Å². The number of thiazole rings is 1. The number of nitrogens with zero attached hydrogens (tertiary/aromatic N) is 1. The minimum Gasteiger partial charge on any atom is -0.489 e. The van der Waals surface area contributed by atoms with Crippen LogP contribution in [-0.4, -0.2) is 10.9 Å². The first-order valence-electron chi connectivity index (χ1n) is 8.26. The molecule has 0 saturated heterocycles. The SMILES string of the molecule is CCCc1ccc(OCc2ccc(C(=O)Nc3nccs3)cc2)cc1. The number of aryl methyl sites for hydroxylation is 1. The largest absolute Gasteiger partial charge is 0.489 e. The molecule has 0 bridgehead atoms. The van der Waals surface area contributed by atoms with Crippen LogP contribution in [0.4, 0.5) is 5.13 Å². The molecule has 5 heteroatoms. The van der Waals surface area contributed by atoms with Crippen molar-refractivity contribution < 1.29 is 9.53 Å². The number of carbonyl (C=O) groups is 1. The van der Waals surface area contributed by atoms with Gasteiger partial charge in [0.2, 0.25) is 0 Å². The van der Waals surface area contributed by atoms with E-state index in [2.05, 4.69) is 29.4 Å². The van der Waals surface area contributed by atoms with Crippen LogP contribution in [0.3, 0.4) is 0 Å². The first-order valence-corrected chi connectivity index (χ1v) is 9.14. The van der Waals surface area contributed by atoms with E-state index < -0.39 is 0 Å². The number of ether oxygens (including phenoxy) is 1. The molecule has 1 aromatic heterocycles. The third kappa shape index (κ3) is 4.90. The standard InChI is InChI=1S/C20H20N2O2S/c1-2-3-15-6-10-18(11-7-15)24-14-16-4-8-17(9-5-16)19(23)22-20-21-12-13-25-20/h4-13H,2-3,14H2,1H3,(H,21,22,23). The quantitative estimate of drug-likeness (QED) is 0.656. The lowest BCUT2D eigenvalue weighted by atomic mass is 10.1. The molecule has 0 fully saturated rings. The molecule has 4 nitrogen and oxygen atoms in total. The van der Waals surface area contributed by atoms with E-state index in [1.807, 2.05) is 29.6 Å². The van der Waals surface area contributed by atoms with Gasteiger partial charge >= 0.3 is 0 Å². The van der Waals surface area contributed by atoms with Gasteiger partial charge in [0.05, 0.1) is 0 Å². The highest BCUT2D eigenvalue weighted by molar-refractivity contribution is 7.13. The molecule has 0 aliphatic carbocycles. The lowest BCUT2D eigenvalue weighted by Crippen LogP contribution is -2.11. The monoisotopic (exact) mass is 352 g/mol. The summed E-state index contributed by atoms with van der Waals surface area (Å²) < 4.78 is 5.80. The Hall–Kier alpha value is -2.66. The number of carbonyl (C=O) groups excluding carboxylic acids is 1. The van der Waals surface area contributed by atoms with Crippen molar-refractivity contribution in [3.8, 4) is 5.75 Å². The lowest BCUT2D eigenvalue weighted by molar-refractivity contribution is 0.102. The maximum absolute atomic E-state index is 12.1. The van der Waals surface area contributed by atoms with Crippen molar-refractivity contribution in [2.45, 2.75) is 26.4 Å². The van der Waals surface area contributed by atoms with Crippen molar-refractivity contribution in [3.63, 3.8) is 0 Å². The maximum atomic E-state index is 12.1. The van der Waals surface area contributed by atoms with Crippen LogP contribution in [0.15, 0.2) is 60.1 Å². The summed E-state index contributed by atoms with van der Waals surface area (Å²) in [5.74, 6) is 0.694. The van der Waals surface area contributed by atoms with Crippen LogP contribution < -0.4 is 10.1 Å². The molecule has 0 aliphatic heterocycles. The van der Waals surface area contributed by atoms with Gasteiger partial charge in [-0.3, -0.25) is 10.1 Å². The van der Waals surface area contributed by atoms with E-state index >= 15 is 0 Å². The molecular formula is C20H20N2O2S. The summed E-state index contributed by atoms with van der Waals surface area (Å²) in [6.07, 6.45) is 3.89. The van der Waals surface area contributed by atoms with Crippen LogP contribution in [0, 0.1) is 0 Å². The molecule has 0 spiro atoms. The Kier molecular flexibility index (Phi) is 5.80. The molecule has 25 heavy (non-hydrogen) atoms. The van der Waals surface area contributed by atoms with E-state index in [1.165, 1.54) is 16.9 Å². The molecule has 1 heterocycles. The van der Waals surface area contributed by atoms with E-state index in [4.69, 9.17) is 4.74 Å². The summed E-state index contributed by atoms with van der Waals surface area (Å²) in [4.78, 5) is 16.2. The molecule has 1 amide bonds. The summed E-state index contributed by atoms with van der Waals surface area (Å²) in [6, 6.07) is 15.6. The second-order valence-electron chi connectivity index (χ2n) is 5.67. The fraction of sp³-hybridized carbons (Fsp3) is 0.200. The smallest absolute Gasteiger partial charge is 0.257 e. The highest BCUT2D eigenvalue weighted by atomic mass is 32.1. The first kappa shape index (κ1) is 17.2. The van der Waals surface area contributed by atoms with Crippen molar-refractivity contribution >= 4 is 22.4 Å². The maximum Gasteiger partial charge on any atom is 0.257 e. The number of amides is 1. The Morgan fingerprint density at radius 2 is 1.80 bits per heavy atom. The predicted molar refractivity (Wildman–Crippen MR) is 101 cm³/mol. The zero-order chi connectivity index (χ0) is 17.5. The fourth-order valence-electron chi connectivity index (χ4n) is 2.41. The van der Waals surface area contributed by atoms with Gasteiger partial charge in [-0.1, -0.05) is 37.6 Å². The van der Waals surface area contributed by atoms with Crippen molar-refractivity contribution in [2.75, 3.05) is 5.32 Å². The predicted octanol–water partition coefficient (Wildman–Crippen LogP) is 4.93. The zero-order valence-corrected chi connectivity index (χ0v) is 14.9. The molecule has 0 aliphatic rings. The van der Waals surface area contributed by atoms with Crippen LogP contribution in [0.5, 0.6) is 5.75 Å². The molecule has 3 rings (SSSR count). The van der Waals surface area contributed by atoms with Crippen molar-refractivity contribution in [2.24, 2.45) is 0 Å². The Morgan fingerprint density at radius 1 is 1.08 bits per heavy atom. The molecule has 0 saturated carbocycles. The van der Waals surface area contributed by atoms with Gasteiger partial charge in [-0.25, -0.2) is 4.98 Å². The van der Waals surface area contributed by atoms with Gasteiger partial charge in [0.25, 0.3) is 5.91 Å². The average Bonchev–Trinajstić information content (AvgIpc) is 3.15. The normalized spacial score (nSPS) is 10.4. The Labute approximate surface area is 151 Å². The van der Waals surface area contributed by atoms with Crippen molar-refractivity contribution in [1.29, 1.82) is 0 Å². The highest BCUT2D eigenvalue weighted by Crippen LogP contribution is 2.16. The summed E-state index contributed by atoms with van der Waals surface area (Å²) in [7, 11) is 0. The topological polar surface area (TPSA) is 51.2 Å². The van der Waals surface area contributed by atoms with Gasteiger partial charge in [-0.05, 0) is 41.8 Å². The van der Waals surface area contributed by atoms with Crippen LogP contribution in [0.1, 0.15) is 34.8 Å². The molecule has 2 aromatic carbocycles.